The molecule has 0 aliphatic carbocycles. The fraction of sp³-hybridized carbons (Fsp3) is 0.400. The number of benzene rings is 1. The van der Waals surface area contributed by atoms with Crippen LogP contribution in [0.2, 0.25) is 0 Å². The molecule has 13 heavy (non-hydrogen) atoms. The molecule has 3 heteroatoms. The van der Waals surface area contributed by atoms with Crippen LogP contribution in [0.3, 0.4) is 0 Å². The van der Waals surface area contributed by atoms with Gasteiger partial charge < -0.3 is 0 Å². The maximum absolute atomic E-state index is 13.0. The first kappa shape index (κ1) is 10.2. The van der Waals surface area contributed by atoms with E-state index in [1.54, 1.807) is 13.8 Å². The summed E-state index contributed by atoms with van der Waals surface area (Å²) in [5, 5.41) is 0. The highest BCUT2D eigenvalue weighted by Gasteiger charge is 2.21. The molecular weight excluding hydrogens is 169 g/mol. The van der Waals surface area contributed by atoms with Crippen LogP contribution in [0.25, 0.3) is 0 Å². The lowest BCUT2D eigenvalue weighted by atomic mass is 9.96. The molecule has 0 aromatic heterocycles. The fourth-order valence-corrected chi connectivity index (χ4v) is 1.15. The van der Waals surface area contributed by atoms with E-state index in [1.165, 1.54) is 12.1 Å². The van der Waals surface area contributed by atoms with Crippen LogP contribution < -0.4 is 5.90 Å². The monoisotopic (exact) mass is 183 g/mol. The van der Waals surface area contributed by atoms with Crippen LogP contribution in [-0.2, 0) is 10.4 Å². The Balaban J connectivity index is 3.15. The predicted molar refractivity (Wildman–Crippen MR) is 49.4 cm³/mol. The molecule has 72 valence electrons. The summed E-state index contributed by atoms with van der Waals surface area (Å²) in [6.07, 6.45) is 0. The Labute approximate surface area is 77.5 Å². The van der Waals surface area contributed by atoms with Crippen molar-refractivity contribution >= 4 is 0 Å². The predicted octanol–water partition coefficient (Wildman–Crippen LogP) is 2.26. The molecule has 0 bridgehead atoms. The van der Waals surface area contributed by atoms with Crippen LogP contribution >= 0.6 is 0 Å². The smallest absolute Gasteiger partial charge is 0.123 e. The molecule has 0 heterocycles. The van der Waals surface area contributed by atoms with E-state index in [1.807, 2.05) is 13.0 Å². The minimum absolute atomic E-state index is 0.264. The molecule has 0 aliphatic rings. The van der Waals surface area contributed by atoms with Gasteiger partial charge in [-0.25, -0.2) is 10.3 Å². The van der Waals surface area contributed by atoms with Crippen molar-refractivity contribution in [3.8, 4) is 0 Å². The Kier molecular flexibility index (Phi) is 2.68. The summed E-state index contributed by atoms with van der Waals surface area (Å²) in [7, 11) is 0. The summed E-state index contributed by atoms with van der Waals surface area (Å²) < 4.78 is 13.0. The van der Waals surface area contributed by atoms with Crippen LogP contribution in [0.4, 0.5) is 4.39 Å². The molecule has 0 saturated heterocycles. The number of aryl methyl sites for hydroxylation is 1. The molecule has 0 amide bonds. The summed E-state index contributed by atoms with van der Waals surface area (Å²) in [5.74, 6) is 4.85. The maximum Gasteiger partial charge on any atom is 0.123 e. The summed E-state index contributed by atoms with van der Waals surface area (Å²) in [5.41, 5.74) is 0.958. The lowest BCUT2D eigenvalue weighted by Crippen LogP contribution is -2.25. The summed E-state index contributed by atoms with van der Waals surface area (Å²) >= 11 is 0. The van der Waals surface area contributed by atoms with Gasteiger partial charge in [-0.15, -0.1) is 0 Å². The van der Waals surface area contributed by atoms with Gasteiger partial charge in [-0.3, -0.25) is 4.84 Å². The Morgan fingerprint density at radius 1 is 1.31 bits per heavy atom. The van der Waals surface area contributed by atoms with Gasteiger partial charge in [0, 0.05) is 0 Å². The van der Waals surface area contributed by atoms with Crippen LogP contribution in [0.1, 0.15) is 25.0 Å². The van der Waals surface area contributed by atoms with Gasteiger partial charge in [0.25, 0.3) is 0 Å². The van der Waals surface area contributed by atoms with E-state index < -0.39 is 5.60 Å². The Morgan fingerprint density at radius 3 is 2.38 bits per heavy atom. The third-order valence-electron chi connectivity index (χ3n) is 2.03. The average molecular weight is 183 g/mol. The molecule has 1 aromatic carbocycles. The van der Waals surface area contributed by atoms with E-state index >= 15 is 0 Å². The zero-order chi connectivity index (χ0) is 10.1. The van der Waals surface area contributed by atoms with Crippen molar-refractivity contribution in [2.24, 2.45) is 5.90 Å². The molecule has 1 aromatic rings. The molecule has 1 rings (SSSR count). The van der Waals surface area contributed by atoms with Crippen LogP contribution in [-0.4, -0.2) is 0 Å². The molecule has 0 fully saturated rings. The van der Waals surface area contributed by atoms with Crippen molar-refractivity contribution in [2.45, 2.75) is 26.4 Å². The van der Waals surface area contributed by atoms with E-state index in [4.69, 9.17) is 10.7 Å². The highest BCUT2D eigenvalue weighted by molar-refractivity contribution is 5.27. The quantitative estimate of drug-likeness (QED) is 0.714. The molecule has 0 aliphatic heterocycles. The zero-order valence-corrected chi connectivity index (χ0v) is 8.10. The zero-order valence-electron chi connectivity index (χ0n) is 8.10. The number of hydrogen-bond donors (Lipinski definition) is 1. The van der Waals surface area contributed by atoms with Crippen molar-refractivity contribution in [3.63, 3.8) is 0 Å². The van der Waals surface area contributed by atoms with Crippen molar-refractivity contribution in [1.29, 1.82) is 0 Å². The Bertz CT molecular complexity index is 290. The average Bonchev–Trinajstić information content (AvgIpc) is 2.02. The number of hydrogen-bond acceptors (Lipinski definition) is 2. The highest BCUT2D eigenvalue weighted by atomic mass is 19.1. The molecule has 0 spiro atoms. The Morgan fingerprint density at radius 2 is 1.92 bits per heavy atom. The van der Waals surface area contributed by atoms with Gasteiger partial charge in [0.2, 0.25) is 0 Å². The van der Waals surface area contributed by atoms with Crippen LogP contribution in [0.5, 0.6) is 0 Å². The second-order valence-corrected chi connectivity index (χ2v) is 3.65. The van der Waals surface area contributed by atoms with Crippen molar-refractivity contribution in [1.82, 2.24) is 0 Å². The molecule has 0 radical (unpaired) electrons. The Hall–Kier alpha value is -0.930. The van der Waals surface area contributed by atoms with Gasteiger partial charge in [-0.2, -0.15) is 0 Å². The van der Waals surface area contributed by atoms with E-state index in [2.05, 4.69) is 0 Å². The lowest BCUT2D eigenvalue weighted by Gasteiger charge is -2.22. The normalized spacial score (nSPS) is 11.8. The highest BCUT2D eigenvalue weighted by Crippen LogP contribution is 2.24. The van der Waals surface area contributed by atoms with Gasteiger partial charge in [0.05, 0.1) is 0 Å². The summed E-state index contributed by atoms with van der Waals surface area (Å²) in [6.45, 7) is 5.42. The van der Waals surface area contributed by atoms with Crippen molar-refractivity contribution in [2.75, 3.05) is 0 Å². The molecule has 0 unspecified atom stereocenters. The second kappa shape index (κ2) is 3.44. The minimum Gasteiger partial charge on any atom is -0.294 e. The van der Waals surface area contributed by atoms with Gasteiger partial charge in [-0.05, 0) is 44.0 Å². The van der Waals surface area contributed by atoms with Crippen molar-refractivity contribution in [3.05, 3.63) is 35.1 Å². The minimum atomic E-state index is -0.646. The standard InChI is InChI=1S/C10H14FNO/c1-7-4-8(6-9(11)5-7)10(2,3)13-12/h4-6H,12H2,1-3H3. The summed E-state index contributed by atoms with van der Waals surface area (Å²) in [6, 6.07) is 4.76. The van der Waals surface area contributed by atoms with Gasteiger partial charge >= 0.3 is 0 Å². The number of halogens is 1. The summed E-state index contributed by atoms with van der Waals surface area (Å²) in [4.78, 5) is 4.77. The van der Waals surface area contributed by atoms with E-state index in [0.717, 1.165) is 11.1 Å². The first-order chi connectivity index (χ1) is 5.95. The van der Waals surface area contributed by atoms with E-state index in [0.29, 0.717) is 0 Å². The van der Waals surface area contributed by atoms with Crippen LogP contribution in [0.15, 0.2) is 18.2 Å². The van der Waals surface area contributed by atoms with Crippen molar-refractivity contribution < 1.29 is 9.23 Å². The fourth-order valence-electron chi connectivity index (χ4n) is 1.15. The topological polar surface area (TPSA) is 35.2 Å². The SMILES string of the molecule is Cc1cc(F)cc(C(C)(C)ON)c1. The largest absolute Gasteiger partial charge is 0.294 e. The third kappa shape index (κ3) is 2.26. The lowest BCUT2D eigenvalue weighted by molar-refractivity contribution is -0.0238. The first-order valence-corrected chi connectivity index (χ1v) is 4.11. The number of nitrogens with two attached hydrogens (primary N) is 1. The van der Waals surface area contributed by atoms with Gasteiger partial charge in [-0.1, -0.05) is 6.07 Å². The van der Waals surface area contributed by atoms with Gasteiger partial charge in [0.15, 0.2) is 0 Å². The van der Waals surface area contributed by atoms with Gasteiger partial charge in [0.1, 0.15) is 11.4 Å². The molecular formula is C10H14FNO. The van der Waals surface area contributed by atoms with E-state index in [9.17, 15) is 4.39 Å². The van der Waals surface area contributed by atoms with E-state index in [-0.39, 0.29) is 5.82 Å². The first-order valence-electron chi connectivity index (χ1n) is 4.11. The molecule has 0 saturated carbocycles. The molecule has 0 atom stereocenters. The maximum atomic E-state index is 13.0. The number of rotatable bonds is 2. The third-order valence-corrected chi connectivity index (χ3v) is 2.03. The molecule has 2 N–H and O–H groups in total. The second-order valence-electron chi connectivity index (χ2n) is 3.65. The molecule has 2 nitrogen and oxygen atoms in total. The van der Waals surface area contributed by atoms with Crippen LogP contribution in [0, 0.1) is 12.7 Å².